The van der Waals surface area contributed by atoms with Crippen molar-refractivity contribution in [2.75, 3.05) is 33.2 Å². The Hall–Kier alpha value is -2.23. The van der Waals surface area contributed by atoms with Crippen molar-refractivity contribution in [1.82, 2.24) is 10.2 Å². The lowest BCUT2D eigenvalue weighted by atomic mass is 10.0. The second kappa shape index (κ2) is 13.9. The molecule has 10 heteroatoms. The molecule has 1 unspecified atom stereocenters. The Bertz CT molecular complexity index is 716. The van der Waals surface area contributed by atoms with Gasteiger partial charge in [0.2, 0.25) is 0 Å². The van der Waals surface area contributed by atoms with Crippen LogP contribution < -0.4 is 5.32 Å². The molecule has 0 aliphatic carbocycles. The number of hydrogen-bond acceptors (Lipinski definition) is 7. The van der Waals surface area contributed by atoms with Gasteiger partial charge in [0.1, 0.15) is 5.94 Å². The number of likely N-dealkylation sites (tertiary alicyclic amines) is 1. The Morgan fingerprint density at radius 2 is 2.10 bits per heavy atom. The molecule has 1 saturated heterocycles. The van der Waals surface area contributed by atoms with Crippen molar-refractivity contribution in [3.8, 4) is 0 Å². The van der Waals surface area contributed by atoms with Gasteiger partial charge in [-0.3, -0.25) is 9.69 Å². The van der Waals surface area contributed by atoms with Crippen LogP contribution in [0.1, 0.15) is 12.0 Å². The molecule has 0 saturated carbocycles. The highest BCUT2D eigenvalue weighted by atomic mass is 35.5. The van der Waals surface area contributed by atoms with Gasteiger partial charge in [0.15, 0.2) is 0 Å². The normalized spacial score (nSPS) is 17.6. The lowest BCUT2D eigenvalue weighted by molar-refractivity contribution is -0.131. The molecular weight excluding hydrogens is 420 g/mol. The summed E-state index contributed by atoms with van der Waals surface area (Å²) in [7, 11) is 2.81. The number of rotatable bonds is 7. The lowest BCUT2D eigenvalue weighted by Gasteiger charge is -2.34. The molecule has 160 valence electrons. The second-order valence-electron chi connectivity index (χ2n) is 5.94. The maximum atomic E-state index is 11.1. The average Bonchev–Trinajstić information content (AvgIpc) is 2.71. The average molecular weight is 445 g/mol. The number of amides is 1. The highest BCUT2D eigenvalue weighted by Crippen LogP contribution is 2.29. The van der Waals surface area contributed by atoms with Crippen LogP contribution in [0.3, 0.4) is 0 Å². The fraction of sp³-hybridized carbons (Fsp3) is 0.421. The predicted octanol–water partition coefficient (Wildman–Crippen LogP) is 2.76. The number of alkyl carbamates (subject to hydrolysis) is 1. The molecule has 1 amide bonds. The van der Waals surface area contributed by atoms with Crippen molar-refractivity contribution in [2.24, 2.45) is 0 Å². The van der Waals surface area contributed by atoms with E-state index in [1.54, 1.807) is 0 Å². The molecule has 1 atom stereocenters. The molecule has 1 aromatic rings. The Balaban J connectivity index is 0.000000960. The van der Waals surface area contributed by atoms with Crippen LogP contribution in [0.15, 0.2) is 35.9 Å². The Labute approximate surface area is 179 Å². The van der Waals surface area contributed by atoms with Gasteiger partial charge in [0, 0.05) is 43.0 Å². The molecule has 0 bridgehead atoms. The number of hydrogen-bond donors (Lipinski definition) is 2. The maximum Gasteiger partial charge on any atom is 0.407 e. The molecule has 1 fully saturated rings. The highest BCUT2D eigenvalue weighted by molar-refractivity contribution is 7.99. The van der Waals surface area contributed by atoms with Gasteiger partial charge in [-0.1, -0.05) is 29.8 Å². The zero-order valence-corrected chi connectivity index (χ0v) is 17.9. The number of carbonyl (C=O) groups excluding carboxylic acids is 2. The number of nitrogens with zero attached hydrogens (tertiary/aromatic N) is 1. The molecule has 2 N–H and O–H groups in total. The minimum absolute atomic E-state index is 0.0169. The van der Waals surface area contributed by atoms with E-state index in [4.69, 9.17) is 26.2 Å². The Morgan fingerprint density at radius 1 is 1.41 bits per heavy atom. The van der Waals surface area contributed by atoms with Crippen molar-refractivity contribution in [1.29, 1.82) is 0 Å². The zero-order chi connectivity index (χ0) is 21.6. The van der Waals surface area contributed by atoms with Crippen LogP contribution in [0.25, 0.3) is 0 Å². The van der Waals surface area contributed by atoms with E-state index >= 15 is 0 Å². The second-order valence-corrected chi connectivity index (χ2v) is 7.48. The van der Waals surface area contributed by atoms with E-state index in [1.807, 2.05) is 24.3 Å². The van der Waals surface area contributed by atoms with E-state index in [1.165, 1.54) is 32.0 Å². The Kier molecular flexibility index (Phi) is 11.9. The van der Waals surface area contributed by atoms with Crippen molar-refractivity contribution < 1.29 is 29.0 Å². The van der Waals surface area contributed by atoms with E-state index in [0.29, 0.717) is 24.6 Å². The summed E-state index contributed by atoms with van der Waals surface area (Å²) in [5.41, 5.74) is 1.84. The van der Waals surface area contributed by atoms with Crippen LogP contribution in [-0.2, 0) is 25.6 Å². The van der Waals surface area contributed by atoms with Gasteiger partial charge in [0.25, 0.3) is 6.47 Å². The van der Waals surface area contributed by atoms with Gasteiger partial charge in [-0.05, 0) is 23.6 Å². The minimum atomic E-state index is -0.965. The molecule has 1 aliphatic rings. The first-order valence-corrected chi connectivity index (χ1v) is 10.2. The lowest BCUT2D eigenvalue weighted by Crippen LogP contribution is -2.37. The molecule has 8 nitrogen and oxygen atoms in total. The quantitative estimate of drug-likeness (QED) is 0.375. The topological polar surface area (TPSA) is 105 Å². The largest absolute Gasteiger partial charge is 0.478 e. The number of halogens is 1. The number of nitrogens with one attached hydrogen (secondary N) is 1. The van der Waals surface area contributed by atoms with Crippen LogP contribution in [0.4, 0.5) is 4.79 Å². The number of thioether (sulfide) groups is 1. The Morgan fingerprint density at radius 3 is 2.69 bits per heavy atom. The number of carbonyl (C=O) groups is 3. The zero-order valence-electron chi connectivity index (χ0n) is 16.3. The summed E-state index contributed by atoms with van der Waals surface area (Å²) in [6, 6.07) is 7.65. The van der Waals surface area contributed by atoms with Gasteiger partial charge in [-0.2, -0.15) is 0 Å². The van der Waals surface area contributed by atoms with Crippen LogP contribution in [0, 0.1) is 0 Å². The minimum Gasteiger partial charge on any atom is -0.478 e. The van der Waals surface area contributed by atoms with E-state index in [9.17, 15) is 9.59 Å². The third-order valence-corrected chi connectivity index (χ3v) is 5.51. The predicted molar refractivity (Wildman–Crippen MR) is 112 cm³/mol. The molecule has 1 aliphatic heterocycles. The summed E-state index contributed by atoms with van der Waals surface area (Å²) in [6.07, 6.45) is 1.55. The van der Waals surface area contributed by atoms with Gasteiger partial charge in [0.05, 0.1) is 7.11 Å². The summed E-state index contributed by atoms with van der Waals surface area (Å²) in [6.45, 7) is 2.41. The number of methoxy groups -OCH3 is 1. The van der Waals surface area contributed by atoms with Gasteiger partial charge in [-0.15, -0.1) is 11.8 Å². The first kappa shape index (κ1) is 24.8. The van der Waals surface area contributed by atoms with Crippen molar-refractivity contribution in [3.05, 3.63) is 46.5 Å². The molecule has 1 heterocycles. The van der Waals surface area contributed by atoms with Crippen LogP contribution in [0.2, 0.25) is 5.02 Å². The number of benzene rings is 1. The molecule has 2 rings (SSSR count). The summed E-state index contributed by atoms with van der Waals surface area (Å²) < 4.78 is 8.85. The molecule has 1 aromatic carbocycles. The number of carboxylic acid groups (broad SMARTS) is 1. The third kappa shape index (κ3) is 9.69. The summed E-state index contributed by atoms with van der Waals surface area (Å²) in [5.74, 6) is -0.779. The monoisotopic (exact) mass is 444 g/mol. The first-order valence-electron chi connectivity index (χ1n) is 8.73. The molecule has 29 heavy (non-hydrogen) atoms. The van der Waals surface area contributed by atoms with Crippen LogP contribution >= 0.6 is 23.4 Å². The summed E-state index contributed by atoms with van der Waals surface area (Å²) >= 11 is 7.65. The van der Waals surface area contributed by atoms with E-state index < -0.39 is 12.1 Å². The standard InChI is InChI=1S/C17H21ClN2O4S.C2H4O2/c1-19-17(23)24-11-25-15-6-7-20(10-13(15)8-16(21)22)9-12-4-2-3-5-14(12)18;1-4-2-3/h2-5,8,15H,6-7,9-11H2,1H3,(H,19,23)(H,21,22);2H,1H3/b13-8-;. The molecule has 0 radical (unpaired) electrons. The van der Waals surface area contributed by atoms with Crippen LogP contribution in [0.5, 0.6) is 0 Å². The SMILES string of the molecule is CNC(=O)OCSC1CCN(Cc2ccccc2Cl)C/C1=C/C(=O)O.COC=O. The number of ether oxygens (including phenoxy) is 2. The van der Waals surface area contributed by atoms with E-state index in [-0.39, 0.29) is 11.2 Å². The summed E-state index contributed by atoms with van der Waals surface area (Å²) in [5, 5.41) is 12.2. The number of piperidine rings is 1. The van der Waals surface area contributed by atoms with E-state index in [0.717, 1.165) is 24.1 Å². The number of carboxylic acids is 1. The fourth-order valence-electron chi connectivity index (χ4n) is 2.66. The molecular formula is C19H25ClN2O6S. The number of aliphatic carboxylic acids is 1. The smallest absolute Gasteiger partial charge is 0.407 e. The summed E-state index contributed by atoms with van der Waals surface area (Å²) in [4.78, 5) is 33.4. The van der Waals surface area contributed by atoms with Gasteiger partial charge >= 0.3 is 12.1 Å². The fourth-order valence-corrected chi connectivity index (χ4v) is 3.82. The molecule has 0 aromatic heterocycles. The molecule has 0 spiro atoms. The maximum absolute atomic E-state index is 11.1. The van der Waals surface area contributed by atoms with Crippen molar-refractivity contribution >= 4 is 41.9 Å². The van der Waals surface area contributed by atoms with Crippen molar-refractivity contribution in [2.45, 2.75) is 18.2 Å². The van der Waals surface area contributed by atoms with Gasteiger partial charge in [-0.25, -0.2) is 9.59 Å². The third-order valence-electron chi connectivity index (χ3n) is 3.95. The van der Waals surface area contributed by atoms with E-state index in [2.05, 4.69) is 15.0 Å². The van der Waals surface area contributed by atoms with Gasteiger partial charge < -0.3 is 19.9 Å². The van der Waals surface area contributed by atoms with Crippen molar-refractivity contribution in [3.63, 3.8) is 0 Å². The van der Waals surface area contributed by atoms with Crippen LogP contribution in [-0.4, -0.2) is 67.0 Å². The first-order chi connectivity index (χ1) is 13.9. The highest BCUT2D eigenvalue weighted by Gasteiger charge is 2.25.